The van der Waals surface area contributed by atoms with E-state index in [1.54, 1.807) is 6.92 Å². The average molecular weight is 356 g/mol. The topological polar surface area (TPSA) is 93.6 Å². The van der Waals surface area contributed by atoms with Crippen LogP contribution < -0.4 is 11.2 Å². The number of aryl methyl sites for hydroxylation is 1. The molecule has 1 aromatic heterocycles. The van der Waals surface area contributed by atoms with Crippen LogP contribution in [-0.4, -0.2) is 41.8 Å². The Bertz CT molecular complexity index is 704. The molecule has 1 fully saturated rings. The van der Waals surface area contributed by atoms with E-state index < -0.39 is 38.0 Å². The number of rotatable bonds is 4. The van der Waals surface area contributed by atoms with E-state index in [1.165, 1.54) is 10.8 Å². The Labute approximate surface area is 142 Å². The van der Waals surface area contributed by atoms with Crippen LogP contribution in [0.15, 0.2) is 15.8 Å². The van der Waals surface area contributed by atoms with E-state index in [-0.39, 0.29) is 11.5 Å². The van der Waals surface area contributed by atoms with E-state index in [2.05, 4.69) is 38.8 Å². The van der Waals surface area contributed by atoms with Gasteiger partial charge in [-0.25, -0.2) is 4.79 Å². The molecule has 24 heavy (non-hydrogen) atoms. The van der Waals surface area contributed by atoms with Gasteiger partial charge in [-0.15, -0.1) is 0 Å². The summed E-state index contributed by atoms with van der Waals surface area (Å²) in [6.07, 6.45) is -0.0368. The summed E-state index contributed by atoms with van der Waals surface area (Å²) in [6.45, 7) is 12.6. The number of hydrogen-bond acceptors (Lipinski definition) is 5. The van der Waals surface area contributed by atoms with Crippen molar-refractivity contribution >= 4 is 8.32 Å². The highest BCUT2D eigenvalue weighted by Gasteiger charge is 2.41. The molecule has 0 saturated carbocycles. The third kappa shape index (κ3) is 3.88. The molecular formula is C16H28N2O5Si. The van der Waals surface area contributed by atoms with Crippen LogP contribution in [0.5, 0.6) is 0 Å². The summed E-state index contributed by atoms with van der Waals surface area (Å²) >= 11 is 0. The van der Waals surface area contributed by atoms with Gasteiger partial charge < -0.3 is 14.3 Å². The normalized spacial score (nSPS) is 25.2. The van der Waals surface area contributed by atoms with E-state index >= 15 is 0 Å². The highest BCUT2D eigenvalue weighted by Crippen LogP contribution is 2.37. The minimum Gasteiger partial charge on any atom is -0.414 e. The Morgan fingerprint density at radius 3 is 2.62 bits per heavy atom. The van der Waals surface area contributed by atoms with Crippen LogP contribution >= 0.6 is 0 Å². The molecule has 3 atom stereocenters. The zero-order chi connectivity index (χ0) is 18.3. The molecule has 1 aromatic rings. The molecule has 1 aliphatic heterocycles. The van der Waals surface area contributed by atoms with Gasteiger partial charge in [-0.2, -0.15) is 0 Å². The van der Waals surface area contributed by atoms with Crippen molar-refractivity contribution in [3.8, 4) is 0 Å². The van der Waals surface area contributed by atoms with Gasteiger partial charge >= 0.3 is 5.69 Å². The second-order valence-corrected chi connectivity index (χ2v) is 12.8. The number of nitrogens with one attached hydrogen (secondary N) is 1. The first-order valence-electron chi connectivity index (χ1n) is 8.22. The second-order valence-electron chi connectivity index (χ2n) is 7.98. The van der Waals surface area contributed by atoms with Crippen LogP contribution in [0.4, 0.5) is 0 Å². The van der Waals surface area contributed by atoms with Gasteiger partial charge in [-0.1, -0.05) is 20.8 Å². The summed E-state index contributed by atoms with van der Waals surface area (Å²) in [5.74, 6) is 0. The van der Waals surface area contributed by atoms with Crippen LogP contribution in [-0.2, 0) is 9.16 Å². The molecule has 8 heteroatoms. The van der Waals surface area contributed by atoms with Crippen molar-refractivity contribution < 1.29 is 14.3 Å². The number of aliphatic hydroxyl groups excluding tert-OH is 1. The van der Waals surface area contributed by atoms with E-state index in [1.807, 2.05) is 0 Å². The lowest BCUT2D eigenvalue weighted by molar-refractivity contribution is -0.0433. The summed E-state index contributed by atoms with van der Waals surface area (Å²) in [5, 5.41) is 10.3. The van der Waals surface area contributed by atoms with Crippen molar-refractivity contribution in [1.82, 2.24) is 9.55 Å². The Hall–Kier alpha value is -1.22. The van der Waals surface area contributed by atoms with E-state index in [9.17, 15) is 14.7 Å². The van der Waals surface area contributed by atoms with Gasteiger partial charge in [0, 0.05) is 18.2 Å². The molecule has 0 aromatic carbocycles. The van der Waals surface area contributed by atoms with Crippen LogP contribution in [0.1, 0.15) is 39.0 Å². The molecule has 1 saturated heterocycles. The molecule has 2 N–H and O–H groups in total. The summed E-state index contributed by atoms with van der Waals surface area (Å²) in [5.41, 5.74) is -0.518. The summed E-state index contributed by atoms with van der Waals surface area (Å²) in [4.78, 5) is 25.7. The van der Waals surface area contributed by atoms with Crippen LogP contribution in [0.3, 0.4) is 0 Å². The van der Waals surface area contributed by atoms with E-state index in [0.717, 1.165) is 0 Å². The molecule has 2 heterocycles. The van der Waals surface area contributed by atoms with Gasteiger partial charge in [-0.05, 0) is 25.1 Å². The number of aliphatic hydroxyl groups is 1. The Kier molecular flexibility index (Phi) is 5.24. The number of aromatic amines is 1. The first-order chi connectivity index (χ1) is 10.9. The van der Waals surface area contributed by atoms with Gasteiger partial charge in [-0.3, -0.25) is 14.3 Å². The quantitative estimate of drug-likeness (QED) is 0.798. The minimum absolute atomic E-state index is 0.0723. The zero-order valence-electron chi connectivity index (χ0n) is 15.3. The lowest BCUT2D eigenvalue weighted by Crippen LogP contribution is -2.43. The number of nitrogens with zero attached hydrogens (tertiary/aromatic N) is 1. The van der Waals surface area contributed by atoms with E-state index in [4.69, 9.17) is 9.16 Å². The predicted molar refractivity (Wildman–Crippen MR) is 93.7 cm³/mol. The highest BCUT2D eigenvalue weighted by molar-refractivity contribution is 6.74. The monoisotopic (exact) mass is 356 g/mol. The second kappa shape index (κ2) is 6.59. The molecular weight excluding hydrogens is 328 g/mol. The van der Waals surface area contributed by atoms with Crippen LogP contribution in [0, 0.1) is 6.92 Å². The molecule has 2 rings (SSSR count). The van der Waals surface area contributed by atoms with E-state index in [0.29, 0.717) is 12.2 Å². The lowest BCUT2D eigenvalue weighted by Gasteiger charge is -2.37. The van der Waals surface area contributed by atoms with Crippen molar-refractivity contribution in [2.45, 2.75) is 70.7 Å². The fourth-order valence-corrected chi connectivity index (χ4v) is 3.36. The van der Waals surface area contributed by atoms with Crippen LogP contribution in [0.25, 0.3) is 0 Å². The fourth-order valence-electron chi connectivity index (χ4n) is 2.34. The largest absolute Gasteiger partial charge is 0.414 e. The van der Waals surface area contributed by atoms with Crippen LogP contribution in [0.2, 0.25) is 18.1 Å². The molecule has 1 aliphatic rings. The molecule has 0 radical (unpaired) electrons. The lowest BCUT2D eigenvalue weighted by atomic mass is 10.2. The molecule has 0 unspecified atom stereocenters. The number of hydrogen-bond donors (Lipinski definition) is 2. The molecule has 0 aliphatic carbocycles. The van der Waals surface area contributed by atoms with Crippen molar-refractivity contribution in [3.63, 3.8) is 0 Å². The van der Waals surface area contributed by atoms with Gasteiger partial charge in [0.2, 0.25) is 0 Å². The van der Waals surface area contributed by atoms with Crippen molar-refractivity contribution in [2.75, 3.05) is 6.61 Å². The summed E-state index contributed by atoms with van der Waals surface area (Å²) in [6, 6.07) is 0. The Morgan fingerprint density at radius 1 is 1.42 bits per heavy atom. The standard InChI is InChI=1S/C16H28N2O5Si/c1-10-8-18(15(21)17-14(10)20)13-7-11(19)12(23-13)9-22-24(5,6)16(2,3)4/h8,11-13,19H,7,9H2,1-6H3,(H,17,20,21)/t11-,12+,13-/m0/s1. The Morgan fingerprint density at radius 2 is 2.04 bits per heavy atom. The number of aromatic nitrogens is 2. The molecule has 0 amide bonds. The molecule has 0 spiro atoms. The Balaban J connectivity index is 2.09. The maximum Gasteiger partial charge on any atom is 0.330 e. The van der Waals surface area contributed by atoms with Gasteiger partial charge in [0.1, 0.15) is 12.3 Å². The third-order valence-electron chi connectivity index (χ3n) is 5.07. The maximum absolute atomic E-state index is 12.0. The number of ether oxygens (including phenoxy) is 1. The van der Waals surface area contributed by atoms with Crippen molar-refractivity contribution in [3.05, 3.63) is 32.6 Å². The third-order valence-corrected chi connectivity index (χ3v) is 9.58. The zero-order valence-corrected chi connectivity index (χ0v) is 16.3. The van der Waals surface area contributed by atoms with Gasteiger partial charge in [0.15, 0.2) is 8.32 Å². The van der Waals surface area contributed by atoms with Gasteiger partial charge in [0.05, 0.1) is 12.7 Å². The molecule has 0 bridgehead atoms. The van der Waals surface area contributed by atoms with Crippen molar-refractivity contribution in [1.29, 1.82) is 0 Å². The summed E-state index contributed by atoms with van der Waals surface area (Å²) < 4.78 is 13.3. The summed E-state index contributed by atoms with van der Waals surface area (Å²) in [7, 11) is -1.94. The highest BCUT2D eigenvalue weighted by atomic mass is 28.4. The number of H-pyrrole nitrogens is 1. The predicted octanol–water partition coefficient (Wildman–Crippen LogP) is 1.52. The minimum atomic E-state index is -1.94. The molecule has 7 nitrogen and oxygen atoms in total. The molecule has 136 valence electrons. The first kappa shape index (κ1) is 19.1. The SMILES string of the molecule is Cc1cn([C@@H]2C[C@H](O)[C@@H](CO[Si](C)(C)C(C)(C)C)O2)c(=O)[nH]c1=O. The average Bonchev–Trinajstić information content (AvgIpc) is 2.80. The van der Waals surface area contributed by atoms with Gasteiger partial charge in [0.25, 0.3) is 5.56 Å². The fraction of sp³-hybridized carbons (Fsp3) is 0.750. The van der Waals surface area contributed by atoms with Crippen molar-refractivity contribution in [2.24, 2.45) is 0 Å². The smallest absolute Gasteiger partial charge is 0.330 e. The maximum atomic E-state index is 12.0. The first-order valence-corrected chi connectivity index (χ1v) is 11.1.